The van der Waals surface area contributed by atoms with Crippen molar-refractivity contribution in [1.29, 1.82) is 0 Å². The maximum Gasteiger partial charge on any atom is 0.278 e. The second-order valence-corrected chi connectivity index (χ2v) is 4.95. The van der Waals surface area contributed by atoms with Gasteiger partial charge in [0.1, 0.15) is 5.76 Å². The fraction of sp³-hybridized carbons (Fsp3) is 0.176. The molecule has 0 atom stereocenters. The molecule has 5 nitrogen and oxygen atoms in total. The van der Waals surface area contributed by atoms with E-state index in [1.54, 1.807) is 6.07 Å². The van der Waals surface area contributed by atoms with Crippen molar-refractivity contribution in [2.24, 2.45) is 0 Å². The lowest BCUT2D eigenvalue weighted by Crippen LogP contribution is -2.13. The van der Waals surface area contributed by atoms with Gasteiger partial charge < -0.3 is 14.2 Å². The molecule has 5 heteroatoms. The Balaban J connectivity index is 1.85. The minimum absolute atomic E-state index is 0.205. The van der Waals surface area contributed by atoms with E-state index in [0.717, 1.165) is 23.4 Å². The average Bonchev–Trinajstić information content (AvgIpc) is 3.15. The van der Waals surface area contributed by atoms with Crippen molar-refractivity contribution in [3.05, 3.63) is 59.8 Å². The van der Waals surface area contributed by atoms with Crippen LogP contribution in [0.25, 0.3) is 11.5 Å². The van der Waals surface area contributed by atoms with Gasteiger partial charge in [-0.15, -0.1) is 0 Å². The molecule has 0 aliphatic heterocycles. The Bertz CT molecular complexity index is 802. The monoisotopic (exact) mass is 296 g/mol. The Morgan fingerprint density at radius 2 is 2.14 bits per heavy atom. The van der Waals surface area contributed by atoms with Crippen molar-refractivity contribution < 1.29 is 13.6 Å². The molecule has 1 amide bonds. The van der Waals surface area contributed by atoms with Gasteiger partial charge in [-0.05, 0) is 43.2 Å². The van der Waals surface area contributed by atoms with Crippen LogP contribution >= 0.6 is 0 Å². The van der Waals surface area contributed by atoms with Crippen molar-refractivity contribution in [1.82, 2.24) is 4.98 Å². The fourth-order valence-electron chi connectivity index (χ4n) is 2.20. The highest BCUT2D eigenvalue weighted by Crippen LogP contribution is 2.25. The number of hydrogen-bond acceptors (Lipinski definition) is 4. The molecule has 0 saturated heterocycles. The third-order valence-electron chi connectivity index (χ3n) is 3.34. The van der Waals surface area contributed by atoms with E-state index < -0.39 is 0 Å². The first kappa shape index (κ1) is 14.1. The van der Waals surface area contributed by atoms with Crippen LogP contribution in [0.15, 0.2) is 51.6 Å². The lowest BCUT2D eigenvalue weighted by atomic mass is 10.1. The minimum Gasteiger partial charge on any atom is -0.458 e. The quantitative estimate of drug-likeness (QED) is 0.788. The first-order chi connectivity index (χ1) is 10.7. The van der Waals surface area contributed by atoms with E-state index in [1.165, 1.54) is 6.39 Å². The number of amides is 1. The number of furan rings is 1. The normalized spacial score (nSPS) is 10.6. The second-order valence-electron chi connectivity index (χ2n) is 4.95. The SMILES string of the molecule is CCc1cccc(NC(=O)c2ncoc2-c2ccc(C)o2)c1. The van der Waals surface area contributed by atoms with Crippen LogP contribution in [0.1, 0.15) is 28.7 Å². The summed E-state index contributed by atoms with van der Waals surface area (Å²) < 4.78 is 10.8. The van der Waals surface area contributed by atoms with Crippen LogP contribution in [0.2, 0.25) is 0 Å². The van der Waals surface area contributed by atoms with Gasteiger partial charge in [-0.2, -0.15) is 0 Å². The van der Waals surface area contributed by atoms with Gasteiger partial charge in [0.2, 0.25) is 5.76 Å². The molecule has 112 valence electrons. The molecule has 0 spiro atoms. The summed E-state index contributed by atoms with van der Waals surface area (Å²) in [6.45, 7) is 3.89. The summed E-state index contributed by atoms with van der Waals surface area (Å²) in [5, 5.41) is 2.83. The molecule has 0 radical (unpaired) electrons. The van der Waals surface area contributed by atoms with E-state index in [4.69, 9.17) is 8.83 Å². The number of hydrogen-bond donors (Lipinski definition) is 1. The molecular weight excluding hydrogens is 280 g/mol. The Hall–Kier alpha value is -2.82. The molecule has 2 heterocycles. The number of anilines is 1. The topological polar surface area (TPSA) is 68.3 Å². The highest BCUT2D eigenvalue weighted by Gasteiger charge is 2.20. The van der Waals surface area contributed by atoms with Gasteiger partial charge in [0.15, 0.2) is 17.8 Å². The number of carbonyl (C=O) groups is 1. The Labute approximate surface area is 128 Å². The molecule has 0 aliphatic rings. The summed E-state index contributed by atoms with van der Waals surface area (Å²) in [6.07, 6.45) is 2.15. The van der Waals surface area contributed by atoms with Gasteiger partial charge in [-0.3, -0.25) is 4.79 Å². The summed E-state index contributed by atoms with van der Waals surface area (Å²) in [7, 11) is 0. The van der Waals surface area contributed by atoms with E-state index in [0.29, 0.717) is 11.5 Å². The van der Waals surface area contributed by atoms with Crippen molar-refractivity contribution in [2.45, 2.75) is 20.3 Å². The van der Waals surface area contributed by atoms with Crippen molar-refractivity contribution in [2.75, 3.05) is 5.32 Å². The molecule has 0 saturated carbocycles. The van der Waals surface area contributed by atoms with E-state index in [9.17, 15) is 4.79 Å². The van der Waals surface area contributed by atoms with Crippen LogP contribution in [-0.4, -0.2) is 10.9 Å². The predicted octanol–water partition coefficient (Wildman–Crippen LogP) is 4.06. The third-order valence-corrected chi connectivity index (χ3v) is 3.34. The average molecular weight is 296 g/mol. The molecular formula is C17H16N2O3. The van der Waals surface area contributed by atoms with E-state index in [-0.39, 0.29) is 11.6 Å². The zero-order chi connectivity index (χ0) is 15.5. The van der Waals surface area contributed by atoms with Gasteiger partial charge in [-0.25, -0.2) is 4.98 Å². The van der Waals surface area contributed by atoms with Crippen molar-refractivity contribution in [3.8, 4) is 11.5 Å². The van der Waals surface area contributed by atoms with E-state index in [1.807, 2.05) is 37.3 Å². The summed E-state index contributed by atoms with van der Waals surface area (Å²) in [4.78, 5) is 16.4. The van der Waals surface area contributed by atoms with Crippen molar-refractivity contribution >= 4 is 11.6 Å². The minimum atomic E-state index is -0.328. The first-order valence-electron chi connectivity index (χ1n) is 7.08. The Morgan fingerprint density at radius 3 is 2.86 bits per heavy atom. The smallest absolute Gasteiger partial charge is 0.278 e. The molecule has 0 unspecified atom stereocenters. The molecule has 0 bridgehead atoms. The van der Waals surface area contributed by atoms with Gasteiger partial charge in [0.05, 0.1) is 0 Å². The lowest BCUT2D eigenvalue weighted by molar-refractivity contribution is 0.102. The number of rotatable bonds is 4. The maximum atomic E-state index is 12.4. The summed E-state index contributed by atoms with van der Waals surface area (Å²) >= 11 is 0. The van der Waals surface area contributed by atoms with Crippen LogP contribution in [0.5, 0.6) is 0 Å². The third kappa shape index (κ3) is 2.79. The van der Waals surface area contributed by atoms with E-state index in [2.05, 4.69) is 17.2 Å². The standard InChI is InChI=1S/C17H16N2O3/c1-3-12-5-4-6-13(9-12)19-17(20)15-16(21-10-18-15)14-8-7-11(2)22-14/h4-10H,3H2,1-2H3,(H,19,20). The maximum absolute atomic E-state index is 12.4. The summed E-state index contributed by atoms with van der Waals surface area (Å²) in [6, 6.07) is 11.3. The molecule has 2 aromatic heterocycles. The molecule has 3 aromatic rings. The zero-order valence-electron chi connectivity index (χ0n) is 12.4. The molecule has 0 aliphatic carbocycles. The molecule has 1 aromatic carbocycles. The predicted molar refractivity (Wildman–Crippen MR) is 82.7 cm³/mol. The number of nitrogens with zero attached hydrogens (tertiary/aromatic N) is 1. The summed E-state index contributed by atoms with van der Waals surface area (Å²) in [5.41, 5.74) is 2.09. The molecule has 0 fully saturated rings. The Kier molecular flexibility index (Phi) is 3.78. The lowest BCUT2D eigenvalue weighted by Gasteiger charge is -2.05. The first-order valence-corrected chi connectivity index (χ1v) is 7.08. The van der Waals surface area contributed by atoms with Crippen LogP contribution in [-0.2, 0) is 6.42 Å². The zero-order valence-corrected chi connectivity index (χ0v) is 12.4. The Morgan fingerprint density at radius 1 is 1.27 bits per heavy atom. The van der Waals surface area contributed by atoms with Crippen LogP contribution < -0.4 is 5.32 Å². The van der Waals surface area contributed by atoms with E-state index >= 15 is 0 Å². The number of benzene rings is 1. The number of carbonyl (C=O) groups excluding carboxylic acids is 1. The van der Waals surface area contributed by atoms with Crippen LogP contribution in [0, 0.1) is 6.92 Å². The highest BCUT2D eigenvalue weighted by molar-refractivity contribution is 6.06. The fourth-order valence-corrected chi connectivity index (χ4v) is 2.20. The highest BCUT2D eigenvalue weighted by atomic mass is 16.4. The summed E-state index contributed by atoms with van der Waals surface area (Å²) in [5.74, 6) is 1.24. The number of oxazole rings is 1. The number of aryl methyl sites for hydroxylation is 2. The molecule has 1 N–H and O–H groups in total. The van der Waals surface area contributed by atoms with Crippen molar-refractivity contribution in [3.63, 3.8) is 0 Å². The van der Waals surface area contributed by atoms with Gasteiger partial charge in [0, 0.05) is 5.69 Å². The van der Waals surface area contributed by atoms with Gasteiger partial charge >= 0.3 is 0 Å². The second kappa shape index (κ2) is 5.89. The number of nitrogens with one attached hydrogen (secondary N) is 1. The molecule has 3 rings (SSSR count). The van der Waals surface area contributed by atoms with Crippen LogP contribution in [0.4, 0.5) is 5.69 Å². The van der Waals surface area contributed by atoms with Crippen LogP contribution in [0.3, 0.4) is 0 Å². The molecule has 22 heavy (non-hydrogen) atoms. The largest absolute Gasteiger partial charge is 0.458 e. The number of aromatic nitrogens is 1. The van der Waals surface area contributed by atoms with Gasteiger partial charge in [0.25, 0.3) is 5.91 Å². The van der Waals surface area contributed by atoms with Gasteiger partial charge in [-0.1, -0.05) is 19.1 Å².